The third kappa shape index (κ3) is 4.67. The van der Waals surface area contributed by atoms with Crippen LogP contribution < -0.4 is 32.8 Å². The van der Waals surface area contributed by atoms with Gasteiger partial charge in [0.15, 0.2) is 0 Å². The van der Waals surface area contributed by atoms with Crippen molar-refractivity contribution in [2.45, 2.75) is 41.5 Å². The number of hydrogen-bond donors (Lipinski definition) is 0. The van der Waals surface area contributed by atoms with Crippen molar-refractivity contribution in [3.8, 4) is 91.0 Å². The average Bonchev–Trinajstić information content (AvgIpc) is 3.84. The van der Waals surface area contributed by atoms with E-state index in [1.54, 1.807) is 0 Å². The van der Waals surface area contributed by atoms with Gasteiger partial charge < -0.3 is 0 Å². The normalized spacial score (nSPS) is 12.7. The lowest BCUT2D eigenvalue weighted by atomic mass is 9.34. The largest absolute Gasteiger partial charge is 0.244 e. The molecule has 0 amide bonds. The van der Waals surface area contributed by atoms with Crippen molar-refractivity contribution in [2.24, 2.45) is 0 Å². The Labute approximate surface area is 395 Å². The maximum absolute atomic E-state index is 10.7. The fraction of sp³-hybridized carbons (Fsp3) is 0.0968. The van der Waals surface area contributed by atoms with Crippen molar-refractivity contribution in [3.05, 3.63) is 165 Å². The van der Waals surface area contributed by atoms with E-state index in [1.807, 2.05) is 36.4 Å². The Hall–Kier alpha value is -8.67. The van der Waals surface area contributed by atoms with E-state index in [0.29, 0.717) is 22.3 Å². The summed E-state index contributed by atoms with van der Waals surface area (Å²) in [5, 5.41) is 49.0. The molecule has 4 nitrogen and oxygen atoms in total. The zero-order chi connectivity index (χ0) is 46.3. The first-order valence-corrected chi connectivity index (χ1v) is 23.3. The van der Waals surface area contributed by atoms with Crippen LogP contribution in [0.15, 0.2) is 109 Å². The molecule has 68 heavy (non-hydrogen) atoms. The van der Waals surface area contributed by atoms with Crippen LogP contribution in [0.3, 0.4) is 0 Å². The molecule has 14 rings (SSSR count). The van der Waals surface area contributed by atoms with E-state index in [4.69, 9.17) is 0 Å². The number of benzene rings is 10. The van der Waals surface area contributed by atoms with E-state index in [-0.39, 0.29) is 13.4 Å². The molecule has 0 saturated carbocycles. The summed E-state index contributed by atoms with van der Waals surface area (Å²) >= 11 is 0. The lowest BCUT2D eigenvalue weighted by Crippen LogP contribution is -2.53. The number of nitriles is 4. The van der Waals surface area contributed by atoms with Gasteiger partial charge in [0.1, 0.15) is 0 Å². The van der Waals surface area contributed by atoms with Crippen molar-refractivity contribution < 1.29 is 0 Å². The molecule has 0 radical (unpaired) electrons. The minimum Gasteiger partial charge on any atom is -0.192 e. The molecule has 0 atom stereocenters. The monoisotopic (exact) mass is 858 g/mol. The highest BCUT2D eigenvalue weighted by Crippen LogP contribution is 2.52. The molecule has 0 unspecified atom stereocenters. The fourth-order valence-electron chi connectivity index (χ4n) is 13.9. The van der Waals surface area contributed by atoms with Gasteiger partial charge in [0.05, 0.1) is 46.5 Å². The topological polar surface area (TPSA) is 95.2 Å². The number of aryl methyl sites for hydroxylation is 6. The van der Waals surface area contributed by atoms with Crippen LogP contribution in [0, 0.1) is 86.9 Å². The summed E-state index contributed by atoms with van der Waals surface area (Å²) in [7, 11) is 0. The minimum absolute atomic E-state index is 0.124. The van der Waals surface area contributed by atoms with E-state index in [2.05, 4.69) is 139 Å². The molecule has 4 heterocycles. The van der Waals surface area contributed by atoms with Crippen LogP contribution in [-0.4, -0.2) is 13.4 Å². The quantitative estimate of drug-likeness (QED) is 0.128. The Morgan fingerprint density at radius 1 is 0.309 bits per heavy atom. The van der Waals surface area contributed by atoms with Crippen molar-refractivity contribution in [1.82, 2.24) is 0 Å². The summed E-state index contributed by atoms with van der Waals surface area (Å²) in [4.78, 5) is 0. The lowest BCUT2D eigenvalue weighted by molar-refractivity contribution is 1.32. The molecule has 0 aliphatic carbocycles. The van der Waals surface area contributed by atoms with Gasteiger partial charge in [-0.05, 0) is 224 Å². The molecule has 4 aliphatic heterocycles. The second-order valence-corrected chi connectivity index (χ2v) is 19.9. The standard InChI is InChI=1S/C62H36B2N4/c1-29-11-31(3)55(32(4)12-29)41-21-43-49-19-37(27-67)17-47-39-15-36(26-66)8-10-52(39)64(61(47)49)54-24-46-42(56-33(5)13-30(2)14-34(56)6)22-44-50-20-38(28-68)18-48-40-16-35(25-65)7-9-51(40)63(62(48)50)53-23-45(41)59(57(43)54)60(46)58(44)53/h7-24H,1-6H3. The zero-order valence-electron chi connectivity index (χ0n) is 38.3. The van der Waals surface area contributed by atoms with Gasteiger partial charge in [0.2, 0.25) is 13.4 Å². The second kappa shape index (κ2) is 13.0. The van der Waals surface area contributed by atoms with Crippen molar-refractivity contribution >= 4 is 78.5 Å². The van der Waals surface area contributed by atoms with Crippen LogP contribution in [0.2, 0.25) is 0 Å². The van der Waals surface area contributed by atoms with Crippen molar-refractivity contribution in [2.75, 3.05) is 0 Å². The molecule has 310 valence electrons. The van der Waals surface area contributed by atoms with Gasteiger partial charge >= 0.3 is 0 Å². The predicted octanol–water partition coefficient (Wildman–Crippen LogP) is 10.2. The van der Waals surface area contributed by atoms with Gasteiger partial charge in [0.25, 0.3) is 0 Å². The molecule has 6 heteroatoms. The van der Waals surface area contributed by atoms with Gasteiger partial charge in [-0.2, -0.15) is 21.0 Å². The Morgan fingerprint density at radius 3 is 1.00 bits per heavy atom. The van der Waals surface area contributed by atoms with Gasteiger partial charge in [-0.15, -0.1) is 0 Å². The van der Waals surface area contributed by atoms with E-state index < -0.39 is 0 Å². The Morgan fingerprint density at radius 2 is 0.647 bits per heavy atom. The Bertz CT molecular complexity index is 4010. The first-order chi connectivity index (χ1) is 33.0. The smallest absolute Gasteiger partial charge is 0.192 e. The van der Waals surface area contributed by atoms with Crippen LogP contribution in [-0.2, 0) is 0 Å². The maximum atomic E-state index is 10.7. The highest BCUT2D eigenvalue weighted by Gasteiger charge is 2.45. The van der Waals surface area contributed by atoms with Gasteiger partial charge in [-0.3, -0.25) is 0 Å². The summed E-state index contributed by atoms with van der Waals surface area (Å²) in [6.07, 6.45) is 0. The van der Waals surface area contributed by atoms with Gasteiger partial charge in [-0.25, -0.2) is 0 Å². The number of fused-ring (bicyclic) bond motifs is 10. The van der Waals surface area contributed by atoms with E-state index in [9.17, 15) is 21.0 Å². The van der Waals surface area contributed by atoms with Crippen molar-refractivity contribution in [1.29, 1.82) is 21.0 Å². The summed E-state index contributed by atoms with van der Waals surface area (Å²) in [6, 6.07) is 49.4. The van der Waals surface area contributed by atoms with Gasteiger partial charge in [-0.1, -0.05) is 92.4 Å². The lowest BCUT2D eigenvalue weighted by Gasteiger charge is -2.33. The highest BCUT2D eigenvalue weighted by atomic mass is 14.4. The van der Waals surface area contributed by atoms with Crippen LogP contribution in [0.25, 0.3) is 99.1 Å². The fourth-order valence-corrected chi connectivity index (χ4v) is 13.9. The first kappa shape index (κ1) is 38.6. The maximum Gasteiger partial charge on any atom is 0.244 e. The van der Waals surface area contributed by atoms with Crippen LogP contribution >= 0.6 is 0 Å². The third-order valence-corrected chi connectivity index (χ3v) is 16.0. The van der Waals surface area contributed by atoms with E-state index >= 15 is 0 Å². The first-order valence-electron chi connectivity index (χ1n) is 23.3. The molecule has 0 aromatic heterocycles. The Balaban J connectivity index is 1.27. The van der Waals surface area contributed by atoms with Crippen LogP contribution in [0.5, 0.6) is 0 Å². The molecule has 0 saturated heterocycles. The van der Waals surface area contributed by atoms with E-state index in [0.717, 1.165) is 66.6 Å². The molecule has 4 aliphatic rings. The SMILES string of the molecule is Cc1cc(C)c(-c2cc3c4c(cc5c(-c6c(C)cc(C)cc6C)cc6c7c(cc2c4c57)B2c4ccc(C#N)cc4-c4cc(C#N)cc-6c42)B2c4ccc(C#N)cc4-c4cc(C#N)cc-3c42)c(C)c1. The van der Waals surface area contributed by atoms with Crippen molar-refractivity contribution in [3.63, 3.8) is 0 Å². The average molecular weight is 859 g/mol. The van der Waals surface area contributed by atoms with Gasteiger partial charge in [0, 0.05) is 0 Å². The molecular weight excluding hydrogens is 822 g/mol. The molecule has 0 fully saturated rings. The van der Waals surface area contributed by atoms with Crippen LogP contribution in [0.4, 0.5) is 0 Å². The molecule has 0 N–H and O–H groups in total. The number of rotatable bonds is 2. The van der Waals surface area contributed by atoms with Crippen LogP contribution in [0.1, 0.15) is 55.6 Å². The molecular formula is C62H36B2N4. The molecule has 0 spiro atoms. The summed E-state index contributed by atoms with van der Waals surface area (Å²) in [5.41, 5.74) is 30.0. The summed E-state index contributed by atoms with van der Waals surface area (Å²) in [5.74, 6) is 0. The third-order valence-electron chi connectivity index (χ3n) is 16.0. The zero-order valence-corrected chi connectivity index (χ0v) is 38.3. The number of hydrogen-bond acceptors (Lipinski definition) is 4. The summed E-state index contributed by atoms with van der Waals surface area (Å²) in [6.45, 7) is 13.0. The second-order valence-electron chi connectivity index (χ2n) is 19.9. The molecule has 10 aromatic rings. The predicted molar refractivity (Wildman–Crippen MR) is 279 cm³/mol. The Kier molecular flexibility index (Phi) is 7.39. The molecule has 0 bridgehead atoms. The number of nitrogens with zero attached hydrogens (tertiary/aromatic N) is 4. The van der Waals surface area contributed by atoms with E-state index in [1.165, 1.54) is 98.7 Å². The minimum atomic E-state index is -0.124. The summed E-state index contributed by atoms with van der Waals surface area (Å²) < 4.78 is 0. The molecule has 10 aromatic carbocycles. The highest BCUT2D eigenvalue weighted by molar-refractivity contribution is 7.03.